The maximum atomic E-state index is 13.1. The average Bonchev–Trinajstić information content (AvgIpc) is 2.82. The Balaban J connectivity index is 1.81. The maximum absolute atomic E-state index is 13.1. The SMILES string of the molecule is Cc1cc(S(=O)(=O)Nc2cccc(-c3ccc(C(=O)NC(COC(C)(C)C)C(=O)O)c(C)c3)c2)c(C)cc1Cl. The topological polar surface area (TPSA) is 122 Å². The van der Waals surface area contributed by atoms with Crippen LogP contribution in [0.25, 0.3) is 11.1 Å². The molecule has 0 spiro atoms. The second kappa shape index (κ2) is 11.8. The van der Waals surface area contributed by atoms with Crippen molar-refractivity contribution in [2.75, 3.05) is 11.3 Å². The van der Waals surface area contributed by atoms with Gasteiger partial charge in [-0.1, -0.05) is 35.9 Å². The molecule has 3 aromatic carbocycles. The van der Waals surface area contributed by atoms with Crippen molar-refractivity contribution < 1.29 is 27.9 Å². The van der Waals surface area contributed by atoms with Crippen molar-refractivity contribution in [3.05, 3.63) is 81.9 Å². The van der Waals surface area contributed by atoms with E-state index in [2.05, 4.69) is 10.0 Å². The molecule has 3 aromatic rings. The second-order valence-corrected chi connectivity index (χ2v) is 12.4. The summed E-state index contributed by atoms with van der Waals surface area (Å²) in [5.41, 5.74) is 3.47. The predicted octanol–water partition coefficient (Wildman–Crippen LogP) is 5.73. The summed E-state index contributed by atoms with van der Waals surface area (Å²) < 4.78 is 34.4. The standard InChI is InChI=1S/C29H33ClN2O6S/c1-17-12-21(10-11-23(17)27(33)31-25(28(34)35)16-38-29(4,5)6)20-8-7-9-22(15-20)32-39(36,37)26-14-18(2)24(30)13-19(26)3/h7-15,25,32H,16H2,1-6H3,(H,31,33)(H,34,35). The number of carboxylic acid groups (broad SMARTS) is 1. The van der Waals surface area contributed by atoms with Crippen LogP contribution in [0, 0.1) is 20.8 Å². The van der Waals surface area contributed by atoms with Crippen LogP contribution in [0.2, 0.25) is 5.02 Å². The number of aliphatic carboxylic acids is 1. The van der Waals surface area contributed by atoms with E-state index in [0.717, 1.165) is 11.1 Å². The summed E-state index contributed by atoms with van der Waals surface area (Å²) >= 11 is 6.13. The van der Waals surface area contributed by atoms with E-state index >= 15 is 0 Å². The van der Waals surface area contributed by atoms with Gasteiger partial charge in [0, 0.05) is 16.3 Å². The summed E-state index contributed by atoms with van der Waals surface area (Å²) in [4.78, 5) is 24.6. The van der Waals surface area contributed by atoms with Gasteiger partial charge < -0.3 is 15.2 Å². The van der Waals surface area contributed by atoms with Crippen molar-refractivity contribution >= 4 is 39.2 Å². The number of ether oxygens (including phenoxy) is 1. The van der Waals surface area contributed by atoms with Gasteiger partial charge in [-0.2, -0.15) is 0 Å². The molecule has 0 bridgehead atoms. The van der Waals surface area contributed by atoms with Crippen molar-refractivity contribution in [2.24, 2.45) is 0 Å². The lowest BCUT2D eigenvalue weighted by molar-refractivity contribution is -0.142. The van der Waals surface area contributed by atoms with Crippen LogP contribution in [0.3, 0.4) is 0 Å². The number of carbonyl (C=O) groups is 2. The van der Waals surface area contributed by atoms with E-state index in [-0.39, 0.29) is 11.5 Å². The number of nitrogens with one attached hydrogen (secondary N) is 2. The van der Waals surface area contributed by atoms with Crippen LogP contribution in [0.5, 0.6) is 0 Å². The van der Waals surface area contributed by atoms with Gasteiger partial charge in [0.05, 0.1) is 17.1 Å². The number of carbonyl (C=O) groups excluding carboxylic acids is 1. The molecule has 0 saturated carbocycles. The molecule has 39 heavy (non-hydrogen) atoms. The number of benzene rings is 3. The summed E-state index contributed by atoms with van der Waals surface area (Å²) in [6.07, 6.45) is 0. The highest BCUT2D eigenvalue weighted by Gasteiger charge is 2.24. The average molecular weight is 573 g/mol. The van der Waals surface area contributed by atoms with E-state index in [1.165, 1.54) is 0 Å². The largest absolute Gasteiger partial charge is 0.480 e. The number of anilines is 1. The Morgan fingerprint density at radius 3 is 2.23 bits per heavy atom. The van der Waals surface area contributed by atoms with E-state index in [0.29, 0.717) is 33.0 Å². The smallest absolute Gasteiger partial charge is 0.328 e. The van der Waals surface area contributed by atoms with Gasteiger partial charge in [-0.05, 0) is 99.7 Å². The summed E-state index contributed by atoms with van der Waals surface area (Å²) in [7, 11) is -3.86. The summed E-state index contributed by atoms with van der Waals surface area (Å²) in [6.45, 7) is 10.4. The Kier molecular flexibility index (Phi) is 9.10. The lowest BCUT2D eigenvalue weighted by Crippen LogP contribution is -2.45. The molecule has 8 nitrogen and oxygen atoms in total. The third kappa shape index (κ3) is 7.81. The molecule has 0 saturated heterocycles. The monoisotopic (exact) mass is 572 g/mol. The normalized spacial score (nSPS) is 12.6. The zero-order chi connectivity index (χ0) is 29.1. The Labute approximate surface area is 234 Å². The zero-order valence-electron chi connectivity index (χ0n) is 22.8. The molecule has 3 rings (SSSR count). The fourth-order valence-corrected chi connectivity index (χ4v) is 5.44. The number of carboxylic acids is 1. The van der Waals surface area contributed by atoms with E-state index in [4.69, 9.17) is 16.3 Å². The van der Waals surface area contributed by atoms with Crippen LogP contribution < -0.4 is 10.0 Å². The first kappa shape index (κ1) is 30.1. The highest BCUT2D eigenvalue weighted by atomic mass is 35.5. The molecule has 0 aromatic heterocycles. The highest BCUT2D eigenvalue weighted by molar-refractivity contribution is 7.92. The van der Waals surface area contributed by atoms with Crippen molar-refractivity contribution in [3.8, 4) is 11.1 Å². The molecule has 1 atom stereocenters. The molecule has 0 heterocycles. The van der Waals surface area contributed by atoms with Gasteiger partial charge >= 0.3 is 5.97 Å². The van der Waals surface area contributed by atoms with Crippen LogP contribution >= 0.6 is 11.6 Å². The third-order valence-electron chi connectivity index (χ3n) is 5.95. The molecule has 0 fully saturated rings. The lowest BCUT2D eigenvalue weighted by atomic mass is 9.99. The van der Waals surface area contributed by atoms with E-state index in [1.807, 2.05) is 6.07 Å². The van der Waals surface area contributed by atoms with Gasteiger partial charge in [0.1, 0.15) is 0 Å². The molecule has 1 amide bonds. The fourth-order valence-electron chi connectivity index (χ4n) is 3.86. The van der Waals surface area contributed by atoms with Crippen molar-refractivity contribution in [3.63, 3.8) is 0 Å². The Morgan fingerprint density at radius 1 is 0.949 bits per heavy atom. The maximum Gasteiger partial charge on any atom is 0.328 e. The first-order valence-corrected chi connectivity index (χ1v) is 14.1. The Morgan fingerprint density at radius 2 is 1.62 bits per heavy atom. The molecule has 0 aliphatic heterocycles. The number of aryl methyl sites for hydroxylation is 3. The number of hydrogen-bond acceptors (Lipinski definition) is 5. The first-order chi connectivity index (χ1) is 18.1. The van der Waals surface area contributed by atoms with Crippen LogP contribution in [-0.2, 0) is 19.6 Å². The number of amides is 1. The highest BCUT2D eigenvalue weighted by Crippen LogP contribution is 2.28. The van der Waals surface area contributed by atoms with Crippen LogP contribution in [-0.4, -0.2) is 43.7 Å². The molecule has 0 aliphatic rings. The fraction of sp³-hybridized carbons (Fsp3) is 0.310. The molecule has 0 radical (unpaired) electrons. The lowest BCUT2D eigenvalue weighted by Gasteiger charge is -2.23. The Bertz CT molecular complexity index is 1510. The van der Waals surface area contributed by atoms with Gasteiger partial charge in [-0.3, -0.25) is 9.52 Å². The zero-order valence-corrected chi connectivity index (χ0v) is 24.3. The van der Waals surface area contributed by atoms with E-state index in [1.54, 1.807) is 90.1 Å². The molecule has 0 aliphatic carbocycles. The summed E-state index contributed by atoms with van der Waals surface area (Å²) in [5.74, 6) is -1.72. The van der Waals surface area contributed by atoms with E-state index < -0.39 is 33.5 Å². The van der Waals surface area contributed by atoms with Gasteiger partial charge in [-0.15, -0.1) is 0 Å². The molecule has 3 N–H and O–H groups in total. The van der Waals surface area contributed by atoms with Gasteiger partial charge in [0.2, 0.25) is 0 Å². The minimum atomic E-state index is -3.86. The summed E-state index contributed by atoms with van der Waals surface area (Å²) in [6, 6.07) is 14.0. The second-order valence-electron chi connectivity index (χ2n) is 10.4. The number of halogens is 1. The molecular weight excluding hydrogens is 540 g/mol. The first-order valence-electron chi connectivity index (χ1n) is 12.3. The minimum absolute atomic E-state index is 0.147. The van der Waals surface area contributed by atoms with Crippen LogP contribution in [0.15, 0.2) is 59.5 Å². The van der Waals surface area contributed by atoms with Crippen LogP contribution in [0.1, 0.15) is 47.8 Å². The van der Waals surface area contributed by atoms with Crippen molar-refractivity contribution in [1.82, 2.24) is 5.32 Å². The minimum Gasteiger partial charge on any atom is -0.480 e. The van der Waals surface area contributed by atoms with Crippen molar-refractivity contribution in [1.29, 1.82) is 0 Å². The number of hydrogen-bond donors (Lipinski definition) is 3. The summed E-state index contributed by atoms with van der Waals surface area (Å²) in [5, 5.41) is 12.5. The van der Waals surface area contributed by atoms with Crippen LogP contribution in [0.4, 0.5) is 5.69 Å². The van der Waals surface area contributed by atoms with E-state index in [9.17, 15) is 23.1 Å². The molecule has 1 unspecified atom stereocenters. The van der Waals surface area contributed by atoms with Gasteiger partial charge in [-0.25, -0.2) is 13.2 Å². The van der Waals surface area contributed by atoms with Gasteiger partial charge in [0.15, 0.2) is 6.04 Å². The molecule has 10 heteroatoms. The number of sulfonamides is 1. The predicted molar refractivity (Wildman–Crippen MR) is 153 cm³/mol. The third-order valence-corrected chi connectivity index (χ3v) is 7.88. The van der Waals surface area contributed by atoms with Crippen molar-refractivity contribution in [2.45, 2.75) is 58.1 Å². The molecular formula is C29H33ClN2O6S. The molecule has 208 valence electrons. The Hall–Kier alpha value is -3.40. The van der Waals surface area contributed by atoms with Gasteiger partial charge in [0.25, 0.3) is 15.9 Å². The number of rotatable bonds is 9. The quantitative estimate of drug-likeness (QED) is 0.301.